The number of nitrogens with zero attached hydrogens (tertiary/aromatic N) is 3. The number of carbonyl (C=O) groups is 1. The molecule has 1 aliphatic heterocycles. The van der Waals surface area contributed by atoms with Crippen molar-refractivity contribution in [1.29, 1.82) is 0 Å². The molecule has 0 N–H and O–H groups in total. The molecule has 164 valence electrons. The summed E-state index contributed by atoms with van der Waals surface area (Å²) in [5.74, 6) is -2.32. The zero-order valence-electron chi connectivity index (χ0n) is 16.6. The van der Waals surface area contributed by atoms with Crippen LogP contribution in [-0.4, -0.2) is 54.7 Å². The van der Waals surface area contributed by atoms with Crippen LogP contribution in [0, 0.1) is 11.6 Å². The lowest BCUT2D eigenvalue weighted by Crippen LogP contribution is -2.50. The standard InChI is InChI=1S/C21H21F2N3O3S2/c22-16-9-8-15(14-17(16)23)31(28,29)26-12-10-25(11-13-26)21(27)7-3-6-20-24-18-4-1-2-5-19(18)30-20/h1-2,4-5,8-9,14H,3,6-7,10-13H2. The van der Waals surface area contributed by atoms with Gasteiger partial charge in [0.2, 0.25) is 15.9 Å². The van der Waals surface area contributed by atoms with E-state index in [9.17, 15) is 22.0 Å². The minimum Gasteiger partial charge on any atom is -0.340 e. The van der Waals surface area contributed by atoms with E-state index in [0.29, 0.717) is 18.9 Å². The van der Waals surface area contributed by atoms with Crippen molar-refractivity contribution in [2.75, 3.05) is 26.2 Å². The van der Waals surface area contributed by atoms with Gasteiger partial charge < -0.3 is 4.90 Å². The summed E-state index contributed by atoms with van der Waals surface area (Å²) in [7, 11) is -3.93. The fraction of sp³-hybridized carbons (Fsp3) is 0.333. The third kappa shape index (κ3) is 4.76. The first kappa shape index (κ1) is 21.8. The summed E-state index contributed by atoms with van der Waals surface area (Å²) in [6.07, 6.45) is 1.76. The molecule has 1 amide bonds. The number of hydrogen-bond acceptors (Lipinski definition) is 5. The van der Waals surface area contributed by atoms with Crippen molar-refractivity contribution in [1.82, 2.24) is 14.2 Å². The third-order valence-electron chi connectivity index (χ3n) is 5.24. The van der Waals surface area contributed by atoms with Crippen molar-refractivity contribution in [3.63, 3.8) is 0 Å². The maximum atomic E-state index is 13.4. The molecule has 2 aromatic carbocycles. The number of aryl methyl sites for hydroxylation is 1. The van der Waals surface area contributed by atoms with Gasteiger partial charge in [0.1, 0.15) is 0 Å². The number of carbonyl (C=O) groups excluding carboxylic acids is 1. The summed E-state index contributed by atoms with van der Waals surface area (Å²) in [4.78, 5) is 18.4. The number of para-hydroxylation sites is 1. The minimum atomic E-state index is -3.93. The number of benzene rings is 2. The molecule has 1 aromatic heterocycles. The van der Waals surface area contributed by atoms with Crippen LogP contribution in [0.1, 0.15) is 17.8 Å². The Morgan fingerprint density at radius 2 is 1.77 bits per heavy atom. The predicted molar refractivity (Wildman–Crippen MR) is 114 cm³/mol. The summed E-state index contributed by atoms with van der Waals surface area (Å²) in [5, 5.41) is 0.997. The van der Waals surface area contributed by atoms with E-state index in [1.54, 1.807) is 16.2 Å². The van der Waals surface area contributed by atoms with E-state index >= 15 is 0 Å². The summed E-state index contributed by atoms with van der Waals surface area (Å²) >= 11 is 1.63. The second-order valence-corrected chi connectivity index (χ2v) is 10.3. The highest BCUT2D eigenvalue weighted by Crippen LogP contribution is 2.23. The van der Waals surface area contributed by atoms with Crippen molar-refractivity contribution < 1.29 is 22.0 Å². The maximum Gasteiger partial charge on any atom is 0.243 e. The molecule has 31 heavy (non-hydrogen) atoms. The molecule has 1 saturated heterocycles. The monoisotopic (exact) mass is 465 g/mol. The first-order chi connectivity index (χ1) is 14.8. The molecule has 0 bridgehead atoms. The van der Waals surface area contributed by atoms with Gasteiger partial charge in [0, 0.05) is 32.6 Å². The van der Waals surface area contributed by atoms with Crippen LogP contribution in [0.3, 0.4) is 0 Å². The van der Waals surface area contributed by atoms with E-state index in [0.717, 1.165) is 33.8 Å². The summed E-state index contributed by atoms with van der Waals surface area (Å²) in [5.41, 5.74) is 0.965. The van der Waals surface area contributed by atoms with Gasteiger partial charge in [-0.25, -0.2) is 22.2 Å². The molecule has 3 aromatic rings. The first-order valence-electron chi connectivity index (χ1n) is 9.92. The van der Waals surface area contributed by atoms with E-state index in [1.165, 1.54) is 4.31 Å². The van der Waals surface area contributed by atoms with Gasteiger partial charge in [-0.3, -0.25) is 4.79 Å². The van der Waals surface area contributed by atoms with Crippen LogP contribution in [-0.2, 0) is 21.2 Å². The summed E-state index contributed by atoms with van der Waals surface area (Å²) in [6, 6.07) is 10.4. The molecular formula is C21H21F2N3O3S2. The maximum absolute atomic E-state index is 13.4. The third-order valence-corrected chi connectivity index (χ3v) is 8.23. The van der Waals surface area contributed by atoms with E-state index < -0.39 is 21.7 Å². The highest BCUT2D eigenvalue weighted by atomic mass is 32.2. The molecule has 0 spiro atoms. The van der Waals surface area contributed by atoms with Crippen LogP contribution in [0.5, 0.6) is 0 Å². The van der Waals surface area contributed by atoms with Gasteiger partial charge in [0.25, 0.3) is 0 Å². The zero-order valence-corrected chi connectivity index (χ0v) is 18.3. The van der Waals surface area contributed by atoms with Gasteiger partial charge >= 0.3 is 0 Å². The number of fused-ring (bicyclic) bond motifs is 1. The number of hydrogen-bond donors (Lipinski definition) is 0. The molecule has 10 heteroatoms. The van der Waals surface area contributed by atoms with E-state index in [-0.39, 0.29) is 37.0 Å². The second-order valence-electron chi connectivity index (χ2n) is 7.29. The predicted octanol–water partition coefficient (Wildman–Crippen LogP) is 3.43. The Balaban J connectivity index is 1.28. The Morgan fingerprint density at radius 3 is 2.48 bits per heavy atom. The Hall–Kier alpha value is -2.43. The SMILES string of the molecule is O=C(CCCc1nc2ccccc2s1)N1CCN(S(=O)(=O)c2ccc(F)c(F)c2)CC1. The molecule has 1 fully saturated rings. The normalized spacial score (nSPS) is 15.5. The number of rotatable bonds is 6. The highest BCUT2D eigenvalue weighted by Gasteiger charge is 2.30. The van der Waals surface area contributed by atoms with Gasteiger partial charge in [-0.2, -0.15) is 4.31 Å². The molecule has 6 nitrogen and oxygen atoms in total. The van der Waals surface area contributed by atoms with E-state index in [1.807, 2.05) is 24.3 Å². The Labute approximate surface area is 183 Å². The van der Waals surface area contributed by atoms with Crippen molar-refractivity contribution in [2.45, 2.75) is 24.2 Å². The minimum absolute atomic E-state index is 0.0222. The Bertz CT molecular complexity index is 1170. The molecule has 4 rings (SSSR count). The van der Waals surface area contributed by atoms with Gasteiger partial charge in [-0.05, 0) is 43.2 Å². The molecule has 0 unspecified atom stereocenters. The van der Waals surface area contributed by atoms with Crippen molar-refractivity contribution in [3.8, 4) is 0 Å². The van der Waals surface area contributed by atoms with Crippen LogP contribution < -0.4 is 0 Å². The number of halogens is 2. The van der Waals surface area contributed by atoms with Gasteiger partial charge in [-0.1, -0.05) is 12.1 Å². The van der Waals surface area contributed by atoms with Crippen LogP contribution in [0.25, 0.3) is 10.2 Å². The molecule has 1 aliphatic rings. The Kier molecular flexibility index (Phi) is 6.31. The van der Waals surface area contributed by atoms with Gasteiger partial charge in [0.05, 0.1) is 20.1 Å². The topological polar surface area (TPSA) is 70.6 Å². The molecule has 2 heterocycles. The highest BCUT2D eigenvalue weighted by molar-refractivity contribution is 7.89. The molecular weight excluding hydrogens is 444 g/mol. The second kappa shape index (κ2) is 8.97. The largest absolute Gasteiger partial charge is 0.340 e. The quantitative estimate of drug-likeness (QED) is 0.559. The van der Waals surface area contributed by atoms with Crippen molar-refractivity contribution >= 4 is 37.5 Å². The number of amides is 1. The lowest BCUT2D eigenvalue weighted by molar-refractivity contribution is -0.132. The number of piperazine rings is 1. The van der Waals surface area contributed by atoms with Crippen LogP contribution in [0.4, 0.5) is 8.78 Å². The lowest BCUT2D eigenvalue weighted by atomic mass is 10.2. The molecule has 0 radical (unpaired) electrons. The fourth-order valence-corrected chi connectivity index (χ4v) is 5.98. The van der Waals surface area contributed by atoms with E-state index in [4.69, 9.17) is 0 Å². The molecule has 0 atom stereocenters. The van der Waals surface area contributed by atoms with Crippen LogP contribution >= 0.6 is 11.3 Å². The van der Waals surface area contributed by atoms with Gasteiger partial charge in [0.15, 0.2) is 11.6 Å². The van der Waals surface area contributed by atoms with Crippen LogP contribution in [0.2, 0.25) is 0 Å². The van der Waals surface area contributed by atoms with Crippen LogP contribution in [0.15, 0.2) is 47.4 Å². The fourth-order valence-electron chi connectivity index (χ4n) is 3.54. The first-order valence-corrected chi connectivity index (χ1v) is 12.2. The molecule has 0 saturated carbocycles. The smallest absolute Gasteiger partial charge is 0.243 e. The van der Waals surface area contributed by atoms with Gasteiger partial charge in [-0.15, -0.1) is 11.3 Å². The van der Waals surface area contributed by atoms with E-state index in [2.05, 4.69) is 4.98 Å². The van der Waals surface area contributed by atoms with Crippen molar-refractivity contribution in [2.24, 2.45) is 0 Å². The number of thiazole rings is 1. The number of sulfonamides is 1. The molecule has 0 aliphatic carbocycles. The number of aromatic nitrogens is 1. The average molecular weight is 466 g/mol. The summed E-state index contributed by atoms with van der Waals surface area (Å²) in [6.45, 7) is 0.766. The Morgan fingerprint density at radius 1 is 1.03 bits per heavy atom. The zero-order chi connectivity index (χ0) is 22.0. The average Bonchev–Trinajstić information content (AvgIpc) is 3.18. The lowest BCUT2D eigenvalue weighted by Gasteiger charge is -2.34. The summed E-state index contributed by atoms with van der Waals surface area (Å²) < 4.78 is 54.2. The van der Waals surface area contributed by atoms with Crippen molar-refractivity contribution in [3.05, 3.63) is 59.1 Å².